The van der Waals surface area contributed by atoms with E-state index in [1.165, 1.54) is 0 Å². The summed E-state index contributed by atoms with van der Waals surface area (Å²) in [5.74, 6) is 0.753. The lowest BCUT2D eigenvalue weighted by molar-refractivity contribution is 0.0690. The van der Waals surface area contributed by atoms with Crippen molar-refractivity contribution in [3.05, 3.63) is 24.3 Å². The van der Waals surface area contributed by atoms with Crippen LogP contribution in [0.5, 0.6) is 0 Å². The number of hydrogen-bond donors (Lipinski definition) is 1. The number of nitrogens with two attached hydrogens (primary N) is 1. The first-order chi connectivity index (χ1) is 9.25. The minimum atomic E-state index is 0.130. The summed E-state index contributed by atoms with van der Waals surface area (Å²) in [5.41, 5.74) is 7.39. The van der Waals surface area contributed by atoms with Crippen LogP contribution in [0.15, 0.2) is 24.3 Å². The molecule has 0 bridgehead atoms. The van der Waals surface area contributed by atoms with Crippen LogP contribution in [0, 0.1) is 0 Å². The minimum absolute atomic E-state index is 0.130. The largest absolute Gasteiger partial charge is 0.399 e. The fourth-order valence-electron chi connectivity index (χ4n) is 2.43. The van der Waals surface area contributed by atoms with Crippen molar-refractivity contribution in [2.24, 2.45) is 0 Å². The molecule has 19 heavy (non-hydrogen) atoms. The Hall–Kier alpha value is -1.95. The Kier molecular flexibility index (Phi) is 3.16. The van der Waals surface area contributed by atoms with Gasteiger partial charge in [0.25, 0.3) is 0 Å². The molecule has 2 N–H and O–H groups in total. The summed E-state index contributed by atoms with van der Waals surface area (Å²) in [7, 11) is 0. The van der Waals surface area contributed by atoms with Gasteiger partial charge >= 0.3 is 0 Å². The van der Waals surface area contributed by atoms with Crippen molar-refractivity contribution in [1.82, 2.24) is 20.2 Å². The van der Waals surface area contributed by atoms with Crippen molar-refractivity contribution in [3.8, 4) is 11.4 Å². The second-order valence-corrected chi connectivity index (χ2v) is 4.86. The van der Waals surface area contributed by atoms with Crippen molar-refractivity contribution in [2.45, 2.75) is 31.9 Å². The first kappa shape index (κ1) is 12.1. The highest BCUT2D eigenvalue weighted by Crippen LogP contribution is 2.27. The van der Waals surface area contributed by atoms with Crippen LogP contribution < -0.4 is 5.73 Å². The number of anilines is 1. The minimum Gasteiger partial charge on any atom is -0.399 e. The van der Waals surface area contributed by atoms with Gasteiger partial charge in [-0.1, -0.05) is 0 Å². The highest BCUT2D eigenvalue weighted by molar-refractivity contribution is 5.58. The second-order valence-electron chi connectivity index (χ2n) is 4.86. The monoisotopic (exact) mass is 259 g/mol. The summed E-state index contributed by atoms with van der Waals surface area (Å²) in [4.78, 5) is 0. The maximum absolute atomic E-state index is 5.71. The molecule has 2 heterocycles. The van der Waals surface area contributed by atoms with E-state index in [0.29, 0.717) is 0 Å². The Balaban J connectivity index is 1.91. The number of benzene rings is 1. The highest BCUT2D eigenvalue weighted by Gasteiger charge is 2.26. The van der Waals surface area contributed by atoms with Gasteiger partial charge in [-0.3, -0.25) is 0 Å². The van der Waals surface area contributed by atoms with Crippen LogP contribution in [0.25, 0.3) is 11.4 Å². The van der Waals surface area contributed by atoms with E-state index in [-0.39, 0.29) is 12.1 Å². The van der Waals surface area contributed by atoms with Crippen LogP contribution >= 0.6 is 0 Å². The molecule has 2 atom stereocenters. The molecule has 100 valence electrons. The molecule has 2 aromatic rings. The van der Waals surface area contributed by atoms with Gasteiger partial charge in [-0.2, -0.15) is 0 Å². The number of aromatic nitrogens is 4. The van der Waals surface area contributed by atoms with E-state index >= 15 is 0 Å². The average molecular weight is 259 g/mol. The summed E-state index contributed by atoms with van der Waals surface area (Å²) < 4.78 is 7.55. The third-order valence-corrected chi connectivity index (χ3v) is 3.55. The Morgan fingerprint density at radius 2 is 2.16 bits per heavy atom. The standard InChI is InChI=1S/C13H17N5O/c1-9(12-3-2-8-19-12)18-13(15-16-17-18)10-4-6-11(14)7-5-10/h4-7,9,12H,2-3,8,14H2,1H3. The Labute approximate surface area is 111 Å². The molecule has 0 aliphatic carbocycles. The van der Waals surface area contributed by atoms with E-state index in [9.17, 15) is 0 Å². The highest BCUT2D eigenvalue weighted by atomic mass is 16.5. The molecule has 1 aliphatic heterocycles. The van der Waals surface area contributed by atoms with Crippen LogP contribution in [0.4, 0.5) is 5.69 Å². The van der Waals surface area contributed by atoms with Crippen molar-refractivity contribution in [1.29, 1.82) is 0 Å². The molecule has 1 saturated heterocycles. The SMILES string of the molecule is CC(C1CCCO1)n1nnnc1-c1ccc(N)cc1. The van der Waals surface area contributed by atoms with E-state index in [4.69, 9.17) is 10.5 Å². The van der Waals surface area contributed by atoms with Gasteiger partial charge in [0.05, 0.1) is 12.1 Å². The van der Waals surface area contributed by atoms with E-state index in [2.05, 4.69) is 22.4 Å². The predicted molar refractivity (Wildman–Crippen MR) is 71.4 cm³/mol. The molecule has 1 fully saturated rings. The molecule has 6 nitrogen and oxygen atoms in total. The molecule has 1 aromatic heterocycles. The lowest BCUT2D eigenvalue weighted by atomic mass is 10.1. The molecule has 3 rings (SSSR count). The average Bonchev–Trinajstić information content (AvgIpc) is 3.10. The van der Waals surface area contributed by atoms with Crippen molar-refractivity contribution in [2.75, 3.05) is 12.3 Å². The summed E-state index contributed by atoms with van der Waals surface area (Å²) >= 11 is 0. The van der Waals surface area contributed by atoms with Crippen LogP contribution in [-0.2, 0) is 4.74 Å². The fourth-order valence-corrected chi connectivity index (χ4v) is 2.43. The van der Waals surface area contributed by atoms with Crippen LogP contribution in [0.1, 0.15) is 25.8 Å². The molecule has 1 aromatic carbocycles. The summed E-state index contributed by atoms with van der Waals surface area (Å²) in [6.07, 6.45) is 2.35. The van der Waals surface area contributed by atoms with E-state index in [1.807, 2.05) is 28.9 Å². The zero-order valence-electron chi connectivity index (χ0n) is 10.9. The zero-order valence-corrected chi connectivity index (χ0v) is 10.9. The van der Waals surface area contributed by atoms with Gasteiger partial charge in [0, 0.05) is 17.9 Å². The molecule has 1 aliphatic rings. The van der Waals surface area contributed by atoms with Crippen molar-refractivity contribution in [3.63, 3.8) is 0 Å². The molecule has 0 spiro atoms. The topological polar surface area (TPSA) is 78.8 Å². The van der Waals surface area contributed by atoms with Gasteiger partial charge in [0.15, 0.2) is 5.82 Å². The van der Waals surface area contributed by atoms with Crippen molar-refractivity contribution < 1.29 is 4.74 Å². The maximum Gasteiger partial charge on any atom is 0.182 e. The van der Waals surface area contributed by atoms with Gasteiger partial charge in [-0.25, -0.2) is 4.68 Å². The lowest BCUT2D eigenvalue weighted by Gasteiger charge is -2.19. The van der Waals surface area contributed by atoms with Crippen LogP contribution in [0.3, 0.4) is 0 Å². The molecule has 0 radical (unpaired) electrons. The lowest BCUT2D eigenvalue weighted by Crippen LogP contribution is -2.22. The smallest absolute Gasteiger partial charge is 0.182 e. The maximum atomic E-state index is 5.71. The van der Waals surface area contributed by atoms with Gasteiger partial charge < -0.3 is 10.5 Å². The van der Waals surface area contributed by atoms with E-state index < -0.39 is 0 Å². The summed E-state index contributed by atoms with van der Waals surface area (Å²) in [6.45, 7) is 2.92. The quantitative estimate of drug-likeness (QED) is 0.848. The zero-order chi connectivity index (χ0) is 13.2. The molecule has 0 saturated carbocycles. The Morgan fingerprint density at radius 3 is 2.84 bits per heavy atom. The second kappa shape index (κ2) is 4.97. The summed E-state index contributed by atoms with van der Waals surface area (Å²) in [5, 5.41) is 12.0. The number of rotatable bonds is 3. The number of nitrogens with zero attached hydrogens (tertiary/aromatic N) is 4. The molecule has 6 heteroatoms. The third-order valence-electron chi connectivity index (χ3n) is 3.55. The number of tetrazole rings is 1. The third kappa shape index (κ3) is 2.31. The van der Waals surface area contributed by atoms with Gasteiger partial charge in [0.1, 0.15) is 0 Å². The number of nitrogen functional groups attached to an aromatic ring is 1. The van der Waals surface area contributed by atoms with E-state index in [0.717, 1.165) is 36.5 Å². The first-order valence-electron chi connectivity index (χ1n) is 6.51. The van der Waals surface area contributed by atoms with Crippen molar-refractivity contribution >= 4 is 5.69 Å². The molecular weight excluding hydrogens is 242 g/mol. The Bertz CT molecular complexity index is 544. The van der Waals surface area contributed by atoms with E-state index in [1.54, 1.807) is 0 Å². The van der Waals surface area contributed by atoms with Crippen LogP contribution in [-0.4, -0.2) is 32.9 Å². The molecular formula is C13H17N5O. The normalized spacial score (nSPS) is 20.6. The van der Waals surface area contributed by atoms with Gasteiger partial charge in [-0.15, -0.1) is 5.10 Å². The summed E-state index contributed by atoms with van der Waals surface area (Å²) in [6, 6.07) is 7.69. The fraction of sp³-hybridized carbons (Fsp3) is 0.462. The number of hydrogen-bond acceptors (Lipinski definition) is 5. The predicted octanol–water partition coefficient (Wildman–Crippen LogP) is 1.66. The number of ether oxygens (including phenoxy) is 1. The van der Waals surface area contributed by atoms with Gasteiger partial charge in [0.2, 0.25) is 0 Å². The Morgan fingerprint density at radius 1 is 1.37 bits per heavy atom. The molecule has 0 amide bonds. The first-order valence-corrected chi connectivity index (χ1v) is 6.51. The molecule has 2 unspecified atom stereocenters. The van der Waals surface area contributed by atoms with Crippen LogP contribution in [0.2, 0.25) is 0 Å². The van der Waals surface area contributed by atoms with Gasteiger partial charge in [-0.05, 0) is 54.5 Å².